The average molecular weight is 410 g/mol. The third-order valence-electron chi connectivity index (χ3n) is 4.71. The number of halogens is 1. The molecule has 2 aromatic carbocycles. The Kier molecular flexibility index (Phi) is 5.09. The molecular formula is C20H16ClN5O3. The first-order valence-corrected chi connectivity index (χ1v) is 9.26. The van der Waals surface area contributed by atoms with E-state index >= 15 is 0 Å². The number of aromatic nitrogens is 2. The zero-order valence-corrected chi connectivity index (χ0v) is 15.9. The van der Waals surface area contributed by atoms with E-state index in [1.165, 1.54) is 24.5 Å². The number of amides is 1. The molecule has 0 atom stereocenters. The molecule has 4 rings (SSSR count). The van der Waals surface area contributed by atoms with Crippen molar-refractivity contribution in [3.05, 3.63) is 76.1 Å². The number of hydrogen-bond donors (Lipinski definition) is 1. The Labute approximate surface area is 171 Å². The number of nitro groups is 1. The summed E-state index contributed by atoms with van der Waals surface area (Å²) in [7, 11) is 0. The lowest BCUT2D eigenvalue weighted by molar-refractivity contribution is -0.383. The van der Waals surface area contributed by atoms with E-state index in [-0.39, 0.29) is 23.2 Å². The molecule has 1 fully saturated rings. The van der Waals surface area contributed by atoms with Gasteiger partial charge in [-0.25, -0.2) is 9.97 Å². The lowest BCUT2D eigenvalue weighted by Gasteiger charge is -2.39. The molecule has 29 heavy (non-hydrogen) atoms. The third-order valence-corrected chi connectivity index (χ3v) is 4.95. The summed E-state index contributed by atoms with van der Waals surface area (Å²) < 4.78 is 0. The van der Waals surface area contributed by atoms with Crippen LogP contribution in [0.25, 0.3) is 11.3 Å². The molecule has 1 aliphatic rings. The largest absolute Gasteiger partial charge is 0.355 e. The van der Waals surface area contributed by atoms with Crippen molar-refractivity contribution in [3.8, 4) is 11.3 Å². The molecule has 0 radical (unpaired) electrons. The second-order valence-electron chi connectivity index (χ2n) is 6.64. The van der Waals surface area contributed by atoms with E-state index in [2.05, 4.69) is 15.3 Å². The third kappa shape index (κ3) is 4.02. The summed E-state index contributed by atoms with van der Waals surface area (Å²) in [6.45, 7) is 0.927. The molecule has 0 unspecified atom stereocenters. The van der Waals surface area contributed by atoms with Crippen LogP contribution >= 0.6 is 11.6 Å². The zero-order valence-electron chi connectivity index (χ0n) is 15.2. The molecule has 1 aliphatic heterocycles. The summed E-state index contributed by atoms with van der Waals surface area (Å²) in [5, 5.41) is 14.1. The van der Waals surface area contributed by atoms with Gasteiger partial charge in [-0.15, -0.1) is 0 Å². The van der Waals surface area contributed by atoms with E-state index in [1.54, 1.807) is 0 Å². The SMILES string of the molecule is O=C(Nc1cc(Cl)ccc1[N+](=O)[O-])C1CN(c2cc(-c3ccccc3)ncn2)C1. The van der Waals surface area contributed by atoms with Gasteiger partial charge in [0.1, 0.15) is 17.8 Å². The molecule has 2 heterocycles. The number of nitro benzene ring substituents is 1. The molecule has 3 aromatic rings. The second-order valence-corrected chi connectivity index (χ2v) is 7.07. The average Bonchev–Trinajstić information content (AvgIpc) is 2.67. The molecule has 1 saturated heterocycles. The molecule has 0 saturated carbocycles. The van der Waals surface area contributed by atoms with Crippen molar-refractivity contribution in [3.63, 3.8) is 0 Å². The molecule has 146 valence electrons. The van der Waals surface area contributed by atoms with Crippen LogP contribution in [0.3, 0.4) is 0 Å². The van der Waals surface area contributed by atoms with E-state index in [0.717, 1.165) is 17.1 Å². The van der Waals surface area contributed by atoms with Crippen LogP contribution in [0.5, 0.6) is 0 Å². The maximum atomic E-state index is 12.5. The summed E-state index contributed by atoms with van der Waals surface area (Å²) in [4.78, 5) is 33.7. The number of hydrogen-bond acceptors (Lipinski definition) is 6. The van der Waals surface area contributed by atoms with Crippen LogP contribution < -0.4 is 10.2 Å². The summed E-state index contributed by atoms with van der Waals surface area (Å²) >= 11 is 5.90. The zero-order chi connectivity index (χ0) is 20.4. The van der Waals surface area contributed by atoms with Gasteiger partial charge >= 0.3 is 0 Å². The van der Waals surface area contributed by atoms with E-state index in [9.17, 15) is 14.9 Å². The Balaban J connectivity index is 1.42. The van der Waals surface area contributed by atoms with E-state index in [1.807, 2.05) is 41.3 Å². The van der Waals surface area contributed by atoms with Crippen LogP contribution in [-0.4, -0.2) is 33.9 Å². The van der Waals surface area contributed by atoms with Crippen LogP contribution in [0.2, 0.25) is 5.02 Å². The van der Waals surface area contributed by atoms with Crippen LogP contribution in [0.1, 0.15) is 0 Å². The van der Waals surface area contributed by atoms with E-state index < -0.39 is 4.92 Å². The van der Waals surface area contributed by atoms with Gasteiger partial charge in [0, 0.05) is 35.8 Å². The van der Waals surface area contributed by atoms with Gasteiger partial charge in [-0.2, -0.15) is 0 Å². The monoisotopic (exact) mass is 409 g/mol. The highest BCUT2D eigenvalue weighted by Gasteiger charge is 2.34. The summed E-state index contributed by atoms with van der Waals surface area (Å²) in [5.74, 6) is 0.143. The van der Waals surface area contributed by atoms with Gasteiger partial charge in [0.2, 0.25) is 5.91 Å². The lowest BCUT2D eigenvalue weighted by Crippen LogP contribution is -2.52. The predicted octanol–water partition coefficient (Wildman–Crippen LogP) is 3.78. The fourth-order valence-corrected chi connectivity index (χ4v) is 3.29. The smallest absolute Gasteiger partial charge is 0.292 e. The van der Waals surface area contributed by atoms with Crippen molar-refractivity contribution in [2.45, 2.75) is 0 Å². The van der Waals surface area contributed by atoms with Crippen LogP contribution in [-0.2, 0) is 4.79 Å². The minimum Gasteiger partial charge on any atom is -0.355 e. The Morgan fingerprint density at radius 3 is 2.62 bits per heavy atom. The molecule has 1 aromatic heterocycles. The van der Waals surface area contributed by atoms with Crippen molar-refractivity contribution >= 4 is 34.7 Å². The summed E-state index contributed by atoms with van der Waals surface area (Å²) in [5.41, 5.74) is 1.69. The Morgan fingerprint density at radius 2 is 1.90 bits per heavy atom. The minimum atomic E-state index is -0.551. The van der Waals surface area contributed by atoms with Crippen molar-refractivity contribution in [2.75, 3.05) is 23.3 Å². The molecule has 0 spiro atoms. The van der Waals surface area contributed by atoms with Crippen molar-refractivity contribution < 1.29 is 9.72 Å². The number of anilines is 2. The highest BCUT2D eigenvalue weighted by molar-refractivity contribution is 6.31. The van der Waals surface area contributed by atoms with Gasteiger partial charge in [0.15, 0.2) is 0 Å². The van der Waals surface area contributed by atoms with Gasteiger partial charge in [-0.3, -0.25) is 14.9 Å². The highest BCUT2D eigenvalue weighted by Crippen LogP contribution is 2.30. The molecule has 0 bridgehead atoms. The number of nitrogens with one attached hydrogen (secondary N) is 1. The first-order chi connectivity index (χ1) is 14.0. The molecular weight excluding hydrogens is 394 g/mol. The standard InChI is InChI=1S/C20H16ClN5O3/c21-15-6-7-18(26(28)29)17(8-15)24-20(27)14-10-25(11-14)19-9-16(22-12-23-19)13-4-2-1-3-5-13/h1-9,12,14H,10-11H2,(H,24,27). The highest BCUT2D eigenvalue weighted by atomic mass is 35.5. The number of carbonyl (C=O) groups excluding carboxylic acids is 1. The van der Waals surface area contributed by atoms with E-state index in [0.29, 0.717) is 18.1 Å². The van der Waals surface area contributed by atoms with Crippen molar-refractivity contribution in [2.24, 2.45) is 5.92 Å². The van der Waals surface area contributed by atoms with Gasteiger partial charge in [-0.05, 0) is 12.1 Å². The van der Waals surface area contributed by atoms with Gasteiger partial charge in [-0.1, -0.05) is 41.9 Å². The van der Waals surface area contributed by atoms with Crippen LogP contribution in [0, 0.1) is 16.0 Å². The van der Waals surface area contributed by atoms with Crippen LogP contribution in [0.4, 0.5) is 17.2 Å². The van der Waals surface area contributed by atoms with Crippen LogP contribution in [0.15, 0.2) is 60.9 Å². The number of rotatable bonds is 5. The Bertz CT molecular complexity index is 1070. The minimum absolute atomic E-state index is 0.0966. The molecule has 1 amide bonds. The summed E-state index contributed by atoms with van der Waals surface area (Å²) in [6.07, 6.45) is 1.50. The van der Waals surface area contributed by atoms with Gasteiger partial charge in [0.05, 0.1) is 16.5 Å². The predicted molar refractivity (Wildman–Crippen MR) is 110 cm³/mol. The number of carbonyl (C=O) groups is 1. The Hall–Kier alpha value is -3.52. The molecule has 8 nitrogen and oxygen atoms in total. The summed E-state index contributed by atoms with van der Waals surface area (Å²) in [6, 6.07) is 15.7. The van der Waals surface area contributed by atoms with Gasteiger partial charge in [0.25, 0.3) is 5.69 Å². The topological polar surface area (TPSA) is 101 Å². The van der Waals surface area contributed by atoms with E-state index in [4.69, 9.17) is 11.6 Å². The maximum absolute atomic E-state index is 12.5. The molecule has 9 heteroatoms. The fraction of sp³-hybridized carbons (Fsp3) is 0.150. The molecule has 1 N–H and O–H groups in total. The lowest BCUT2D eigenvalue weighted by atomic mass is 9.98. The first kappa shape index (κ1) is 18.8. The second kappa shape index (κ2) is 7.84. The number of nitrogens with zero attached hydrogens (tertiary/aromatic N) is 4. The normalized spacial score (nSPS) is 13.6. The number of benzene rings is 2. The quantitative estimate of drug-likeness (QED) is 0.508. The van der Waals surface area contributed by atoms with Crippen molar-refractivity contribution in [1.29, 1.82) is 0 Å². The van der Waals surface area contributed by atoms with Crippen molar-refractivity contribution in [1.82, 2.24) is 9.97 Å². The maximum Gasteiger partial charge on any atom is 0.292 e. The van der Waals surface area contributed by atoms with Gasteiger partial charge < -0.3 is 10.2 Å². The Morgan fingerprint density at radius 1 is 1.14 bits per heavy atom. The molecule has 0 aliphatic carbocycles. The fourth-order valence-electron chi connectivity index (χ4n) is 3.12. The first-order valence-electron chi connectivity index (χ1n) is 8.88.